The SMILES string of the molecule is N=C(N)c1cccc(OCC2CCOCC2)c1. The second-order valence-electron chi connectivity index (χ2n) is 4.31. The molecule has 2 rings (SSSR count). The number of rotatable bonds is 4. The van der Waals surface area contributed by atoms with Gasteiger partial charge in [0.1, 0.15) is 11.6 Å². The first-order chi connectivity index (χ1) is 8.25. The predicted molar refractivity (Wildman–Crippen MR) is 66.5 cm³/mol. The molecule has 0 saturated carbocycles. The topological polar surface area (TPSA) is 68.3 Å². The van der Waals surface area contributed by atoms with Gasteiger partial charge < -0.3 is 15.2 Å². The van der Waals surface area contributed by atoms with Crippen molar-refractivity contribution in [3.05, 3.63) is 29.8 Å². The lowest BCUT2D eigenvalue weighted by atomic mass is 10.0. The molecule has 4 heteroatoms. The number of hydrogen-bond acceptors (Lipinski definition) is 3. The van der Waals surface area contributed by atoms with Crippen molar-refractivity contribution < 1.29 is 9.47 Å². The maximum Gasteiger partial charge on any atom is 0.122 e. The van der Waals surface area contributed by atoms with Crippen molar-refractivity contribution in [2.75, 3.05) is 19.8 Å². The van der Waals surface area contributed by atoms with Crippen LogP contribution in [0.1, 0.15) is 18.4 Å². The molecule has 0 amide bonds. The molecular weight excluding hydrogens is 216 g/mol. The van der Waals surface area contributed by atoms with E-state index in [9.17, 15) is 0 Å². The van der Waals surface area contributed by atoms with Crippen LogP contribution in [0.15, 0.2) is 24.3 Å². The summed E-state index contributed by atoms with van der Waals surface area (Å²) in [5.41, 5.74) is 6.14. The van der Waals surface area contributed by atoms with Crippen LogP contribution in [0.25, 0.3) is 0 Å². The van der Waals surface area contributed by atoms with Crippen LogP contribution in [-0.2, 0) is 4.74 Å². The van der Waals surface area contributed by atoms with Gasteiger partial charge in [-0.25, -0.2) is 0 Å². The summed E-state index contributed by atoms with van der Waals surface area (Å²) in [6, 6.07) is 7.37. The minimum absolute atomic E-state index is 0.0708. The molecule has 3 N–H and O–H groups in total. The molecule has 1 aromatic carbocycles. The van der Waals surface area contributed by atoms with E-state index >= 15 is 0 Å². The van der Waals surface area contributed by atoms with Crippen molar-refractivity contribution in [1.29, 1.82) is 5.41 Å². The van der Waals surface area contributed by atoms with Crippen LogP contribution in [0.3, 0.4) is 0 Å². The fraction of sp³-hybridized carbons (Fsp3) is 0.462. The lowest BCUT2D eigenvalue weighted by Gasteiger charge is -2.22. The third-order valence-corrected chi connectivity index (χ3v) is 2.97. The van der Waals surface area contributed by atoms with E-state index in [4.69, 9.17) is 20.6 Å². The Balaban J connectivity index is 1.89. The summed E-state index contributed by atoms with van der Waals surface area (Å²) >= 11 is 0. The molecule has 0 radical (unpaired) electrons. The number of hydrogen-bond donors (Lipinski definition) is 2. The molecule has 92 valence electrons. The fourth-order valence-electron chi connectivity index (χ4n) is 1.88. The molecule has 1 saturated heterocycles. The molecule has 0 bridgehead atoms. The predicted octanol–water partition coefficient (Wildman–Crippen LogP) is 1.78. The molecule has 1 fully saturated rings. The number of nitrogens with one attached hydrogen (secondary N) is 1. The van der Waals surface area contributed by atoms with Crippen molar-refractivity contribution in [3.8, 4) is 5.75 Å². The quantitative estimate of drug-likeness (QED) is 0.616. The van der Waals surface area contributed by atoms with Crippen molar-refractivity contribution in [3.63, 3.8) is 0 Å². The normalized spacial score (nSPS) is 16.7. The monoisotopic (exact) mass is 234 g/mol. The van der Waals surface area contributed by atoms with Crippen LogP contribution >= 0.6 is 0 Å². The van der Waals surface area contributed by atoms with Gasteiger partial charge >= 0.3 is 0 Å². The first-order valence-corrected chi connectivity index (χ1v) is 5.90. The third-order valence-electron chi connectivity index (χ3n) is 2.97. The molecular formula is C13H18N2O2. The molecule has 0 atom stereocenters. The van der Waals surface area contributed by atoms with E-state index in [1.54, 1.807) is 0 Å². The van der Waals surface area contributed by atoms with Crippen molar-refractivity contribution >= 4 is 5.84 Å². The lowest BCUT2D eigenvalue weighted by Crippen LogP contribution is -2.21. The Bertz CT molecular complexity index is 387. The minimum Gasteiger partial charge on any atom is -0.493 e. The molecule has 17 heavy (non-hydrogen) atoms. The highest BCUT2D eigenvalue weighted by atomic mass is 16.5. The minimum atomic E-state index is 0.0708. The van der Waals surface area contributed by atoms with E-state index in [0.717, 1.165) is 31.8 Å². The average Bonchev–Trinajstić information content (AvgIpc) is 2.38. The lowest BCUT2D eigenvalue weighted by molar-refractivity contribution is 0.0497. The number of ether oxygens (including phenoxy) is 2. The molecule has 1 heterocycles. The van der Waals surface area contributed by atoms with Crippen LogP contribution in [-0.4, -0.2) is 25.7 Å². The van der Waals surface area contributed by atoms with Gasteiger partial charge in [-0.2, -0.15) is 0 Å². The summed E-state index contributed by atoms with van der Waals surface area (Å²) in [4.78, 5) is 0. The van der Waals surface area contributed by atoms with Crippen molar-refractivity contribution in [2.24, 2.45) is 11.7 Å². The first kappa shape index (κ1) is 11.9. The summed E-state index contributed by atoms with van der Waals surface area (Å²) in [5, 5.41) is 7.37. The van der Waals surface area contributed by atoms with Gasteiger partial charge in [0.2, 0.25) is 0 Å². The Kier molecular flexibility index (Phi) is 3.98. The zero-order chi connectivity index (χ0) is 12.1. The Morgan fingerprint density at radius 3 is 2.88 bits per heavy atom. The molecule has 1 aromatic rings. The average molecular weight is 234 g/mol. The van der Waals surface area contributed by atoms with E-state index in [0.29, 0.717) is 18.1 Å². The molecule has 4 nitrogen and oxygen atoms in total. The van der Waals surface area contributed by atoms with E-state index < -0.39 is 0 Å². The second kappa shape index (κ2) is 5.68. The zero-order valence-electron chi connectivity index (χ0n) is 9.82. The number of nitrogens with two attached hydrogens (primary N) is 1. The highest BCUT2D eigenvalue weighted by molar-refractivity contribution is 5.95. The molecule has 0 aliphatic carbocycles. The molecule has 0 aromatic heterocycles. The van der Waals surface area contributed by atoms with Gasteiger partial charge in [-0.1, -0.05) is 12.1 Å². The summed E-state index contributed by atoms with van der Waals surface area (Å²) < 4.78 is 11.0. The van der Waals surface area contributed by atoms with E-state index in [1.165, 1.54) is 0 Å². The Hall–Kier alpha value is -1.55. The largest absolute Gasteiger partial charge is 0.493 e. The Labute approximate surface area is 101 Å². The van der Waals surface area contributed by atoms with E-state index in [2.05, 4.69) is 0 Å². The smallest absolute Gasteiger partial charge is 0.122 e. The highest BCUT2D eigenvalue weighted by Crippen LogP contribution is 2.18. The van der Waals surface area contributed by atoms with Crippen LogP contribution in [0, 0.1) is 11.3 Å². The van der Waals surface area contributed by atoms with Crippen LogP contribution in [0.4, 0.5) is 0 Å². The van der Waals surface area contributed by atoms with Crippen LogP contribution in [0.5, 0.6) is 5.75 Å². The highest BCUT2D eigenvalue weighted by Gasteiger charge is 2.14. The summed E-state index contributed by atoms with van der Waals surface area (Å²) in [5.74, 6) is 1.43. The summed E-state index contributed by atoms with van der Waals surface area (Å²) in [7, 11) is 0. The molecule has 1 aliphatic rings. The van der Waals surface area contributed by atoms with Crippen LogP contribution in [0.2, 0.25) is 0 Å². The standard InChI is InChI=1S/C13H18N2O2/c14-13(15)11-2-1-3-12(8-11)17-9-10-4-6-16-7-5-10/h1-3,8,10H,4-7,9H2,(H3,14,15). The molecule has 0 unspecified atom stereocenters. The second-order valence-corrected chi connectivity index (χ2v) is 4.31. The first-order valence-electron chi connectivity index (χ1n) is 5.90. The Morgan fingerprint density at radius 1 is 1.41 bits per heavy atom. The molecule has 0 spiro atoms. The maximum atomic E-state index is 7.37. The Morgan fingerprint density at radius 2 is 2.18 bits per heavy atom. The fourth-order valence-corrected chi connectivity index (χ4v) is 1.88. The van der Waals surface area contributed by atoms with Crippen molar-refractivity contribution in [1.82, 2.24) is 0 Å². The van der Waals surface area contributed by atoms with E-state index in [1.807, 2.05) is 24.3 Å². The van der Waals surface area contributed by atoms with Gasteiger partial charge in [0, 0.05) is 18.8 Å². The van der Waals surface area contributed by atoms with Gasteiger partial charge in [0.15, 0.2) is 0 Å². The number of benzene rings is 1. The summed E-state index contributed by atoms with van der Waals surface area (Å²) in [6.45, 7) is 2.38. The summed E-state index contributed by atoms with van der Waals surface area (Å²) in [6.07, 6.45) is 2.12. The zero-order valence-corrected chi connectivity index (χ0v) is 9.82. The number of nitrogen functional groups attached to an aromatic ring is 1. The van der Waals surface area contributed by atoms with Crippen LogP contribution < -0.4 is 10.5 Å². The van der Waals surface area contributed by atoms with Gasteiger partial charge in [0.25, 0.3) is 0 Å². The third kappa shape index (κ3) is 3.46. The van der Waals surface area contributed by atoms with Gasteiger partial charge in [-0.05, 0) is 30.9 Å². The van der Waals surface area contributed by atoms with Gasteiger partial charge in [-0.3, -0.25) is 5.41 Å². The van der Waals surface area contributed by atoms with Gasteiger partial charge in [0.05, 0.1) is 6.61 Å². The van der Waals surface area contributed by atoms with Gasteiger partial charge in [-0.15, -0.1) is 0 Å². The van der Waals surface area contributed by atoms with E-state index in [-0.39, 0.29) is 5.84 Å². The van der Waals surface area contributed by atoms with Crippen molar-refractivity contribution in [2.45, 2.75) is 12.8 Å². The molecule has 1 aliphatic heterocycles. The maximum absolute atomic E-state index is 7.37. The number of amidine groups is 1.